The molecule has 0 heterocycles. The minimum absolute atomic E-state index is 0.0662. The second-order valence-electron chi connectivity index (χ2n) is 3.50. The van der Waals surface area contributed by atoms with Gasteiger partial charge in [0.05, 0.1) is 0 Å². The Morgan fingerprint density at radius 3 is 2.93 bits per heavy atom. The fourth-order valence-electron chi connectivity index (χ4n) is 1.08. The lowest BCUT2D eigenvalue weighted by atomic mass is 10.2. The Kier molecular flexibility index (Phi) is 2.94. The summed E-state index contributed by atoms with van der Waals surface area (Å²) >= 11 is 0. The lowest BCUT2D eigenvalue weighted by Gasteiger charge is -2.01. The first-order valence-electron chi connectivity index (χ1n) is 4.77. The Morgan fingerprint density at radius 1 is 1.40 bits per heavy atom. The number of rotatable bonds is 4. The number of halogens is 2. The molecule has 1 radical (unpaired) electrons. The number of hydrogen-bond donors (Lipinski definition) is 0. The normalized spacial score (nSPS) is 15.9. The molecule has 15 heavy (non-hydrogen) atoms. The Hall–Kier alpha value is -1.45. The maximum atomic E-state index is 13.1. The van der Waals surface area contributed by atoms with Crippen molar-refractivity contribution in [2.75, 3.05) is 0 Å². The van der Waals surface area contributed by atoms with Gasteiger partial charge in [-0.3, -0.25) is 0 Å². The highest BCUT2D eigenvalue weighted by atomic mass is 19.1. The van der Waals surface area contributed by atoms with Crippen LogP contribution in [0.3, 0.4) is 0 Å². The topological polar surface area (TPSA) is 21.6 Å². The molecule has 0 aromatic heterocycles. The second kappa shape index (κ2) is 4.38. The van der Waals surface area contributed by atoms with Crippen LogP contribution < -0.4 is 0 Å². The molecule has 1 aromatic carbocycles. The lowest BCUT2D eigenvalue weighted by molar-refractivity contribution is 0.128. The summed E-state index contributed by atoms with van der Waals surface area (Å²) < 4.78 is 25.8. The van der Waals surface area contributed by atoms with Gasteiger partial charge in [-0.15, -0.1) is 0 Å². The van der Waals surface area contributed by atoms with Crippen LogP contribution >= 0.6 is 0 Å². The monoisotopic (exact) mass is 210 g/mol. The van der Waals surface area contributed by atoms with E-state index in [-0.39, 0.29) is 12.2 Å². The van der Waals surface area contributed by atoms with Gasteiger partial charge in [0.2, 0.25) is 0 Å². The van der Waals surface area contributed by atoms with Gasteiger partial charge >= 0.3 is 0 Å². The summed E-state index contributed by atoms with van der Waals surface area (Å²) in [6.07, 6.45) is 4.92. The minimum atomic E-state index is -0.488. The van der Waals surface area contributed by atoms with Crippen molar-refractivity contribution in [2.45, 2.75) is 19.4 Å². The Labute approximate surface area is 86.5 Å². The third-order valence-corrected chi connectivity index (χ3v) is 2.10. The first kappa shape index (κ1) is 10.1. The van der Waals surface area contributed by atoms with E-state index in [1.54, 1.807) is 0 Å². The molecule has 0 saturated heterocycles. The van der Waals surface area contributed by atoms with Gasteiger partial charge in [-0.2, -0.15) is 0 Å². The van der Waals surface area contributed by atoms with Crippen molar-refractivity contribution >= 4 is 6.21 Å². The van der Waals surface area contributed by atoms with E-state index in [1.807, 2.05) is 0 Å². The summed E-state index contributed by atoms with van der Waals surface area (Å²) in [4.78, 5) is 4.81. The molecule has 2 rings (SSSR count). The molecule has 0 unspecified atom stereocenters. The quantitative estimate of drug-likeness (QED) is 0.553. The average molecular weight is 210 g/mol. The fourth-order valence-corrected chi connectivity index (χ4v) is 1.08. The molecule has 1 saturated carbocycles. The molecule has 0 bridgehead atoms. The van der Waals surface area contributed by atoms with Crippen LogP contribution in [0.1, 0.15) is 18.4 Å². The van der Waals surface area contributed by atoms with Gasteiger partial charge in [0.1, 0.15) is 24.5 Å². The van der Waals surface area contributed by atoms with E-state index >= 15 is 0 Å². The molecule has 0 atom stereocenters. The summed E-state index contributed by atoms with van der Waals surface area (Å²) in [5, 5.41) is 3.56. The molecule has 1 aromatic rings. The molecule has 4 heteroatoms. The average Bonchev–Trinajstić information content (AvgIpc) is 3.01. The highest BCUT2D eigenvalue weighted by molar-refractivity contribution is 5.62. The van der Waals surface area contributed by atoms with E-state index in [0.29, 0.717) is 5.92 Å². The smallest absolute Gasteiger partial charge is 0.145 e. The van der Waals surface area contributed by atoms with Gasteiger partial charge in [-0.05, 0) is 31.0 Å². The molecule has 79 valence electrons. The molecule has 2 nitrogen and oxygen atoms in total. The first-order valence-corrected chi connectivity index (χ1v) is 4.77. The third-order valence-electron chi connectivity index (χ3n) is 2.10. The standard InChI is InChI=1S/C11H10F2NO/c12-10-3-4-11(13)9(5-10)7-15-14-6-8-1-2-8/h3-5,8H,1-2,7H2. The van der Waals surface area contributed by atoms with Crippen molar-refractivity contribution in [2.24, 2.45) is 11.1 Å². The molecular formula is C11H10F2NO. The van der Waals surface area contributed by atoms with Gasteiger partial charge in [0.25, 0.3) is 0 Å². The zero-order chi connectivity index (χ0) is 10.7. The van der Waals surface area contributed by atoms with Crippen molar-refractivity contribution in [1.29, 1.82) is 0 Å². The van der Waals surface area contributed by atoms with Crippen LogP contribution in [0.2, 0.25) is 0 Å². The molecular weight excluding hydrogens is 200 g/mol. The zero-order valence-electron chi connectivity index (χ0n) is 8.04. The fraction of sp³-hybridized carbons (Fsp3) is 0.364. The summed E-state index contributed by atoms with van der Waals surface area (Å²) in [5.41, 5.74) is 0.163. The number of hydrogen-bond acceptors (Lipinski definition) is 2. The van der Waals surface area contributed by atoms with E-state index in [1.165, 1.54) is 0 Å². The molecule has 0 spiro atoms. The minimum Gasteiger partial charge on any atom is -0.391 e. The van der Waals surface area contributed by atoms with Crippen molar-refractivity contribution in [1.82, 2.24) is 0 Å². The number of benzene rings is 1. The van der Waals surface area contributed by atoms with Crippen LogP contribution in [0.25, 0.3) is 0 Å². The van der Waals surface area contributed by atoms with E-state index in [9.17, 15) is 8.78 Å². The third kappa shape index (κ3) is 3.01. The second-order valence-corrected chi connectivity index (χ2v) is 3.50. The van der Waals surface area contributed by atoms with E-state index in [0.717, 1.165) is 31.0 Å². The van der Waals surface area contributed by atoms with Crippen molar-refractivity contribution < 1.29 is 13.6 Å². The molecule has 1 fully saturated rings. The van der Waals surface area contributed by atoms with E-state index in [2.05, 4.69) is 11.4 Å². The van der Waals surface area contributed by atoms with Crippen molar-refractivity contribution in [3.8, 4) is 0 Å². The van der Waals surface area contributed by atoms with Crippen LogP contribution in [0.15, 0.2) is 23.4 Å². The summed E-state index contributed by atoms with van der Waals surface area (Å²) in [7, 11) is 0. The van der Waals surface area contributed by atoms with Crippen molar-refractivity contribution in [3.63, 3.8) is 0 Å². The molecule has 0 amide bonds. The van der Waals surface area contributed by atoms with E-state index < -0.39 is 11.6 Å². The van der Waals surface area contributed by atoms with Crippen LogP contribution in [0.4, 0.5) is 8.78 Å². The zero-order valence-corrected chi connectivity index (χ0v) is 8.04. The Morgan fingerprint density at radius 2 is 2.20 bits per heavy atom. The van der Waals surface area contributed by atoms with Crippen molar-refractivity contribution in [3.05, 3.63) is 35.4 Å². The summed E-state index contributed by atoms with van der Waals surface area (Å²) in [6.45, 7) is -0.0662. The maximum absolute atomic E-state index is 13.1. The lowest BCUT2D eigenvalue weighted by Crippen LogP contribution is -1.93. The van der Waals surface area contributed by atoms with Gasteiger partial charge in [-0.25, -0.2) is 8.78 Å². The van der Waals surface area contributed by atoms with Gasteiger partial charge in [0.15, 0.2) is 0 Å². The van der Waals surface area contributed by atoms with Crippen LogP contribution in [0.5, 0.6) is 0 Å². The predicted molar refractivity (Wildman–Crippen MR) is 51.3 cm³/mol. The highest BCUT2D eigenvalue weighted by Crippen LogP contribution is 2.26. The number of nitrogens with zero attached hydrogens (tertiary/aromatic N) is 1. The van der Waals surface area contributed by atoms with Crippen LogP contribution in [-0.2, 0) is 11.4 Å². The first-order chi connectivity index (χ1) is 7.25. The Bertz CT molecular complexity index is 375. The highest BCUT2D eigenvalue weighted by Gasteiger charge is 2.19. The molecule has 1 aliphatic rings. The summed E-state index contributed by atoms with van der Waals surface area (Å²) in [5.74, 6) is -0.578. The predicted octanol–water partition coefficient (Wildman–Crippen LogP) is 2.75. The van der Waals surface area contributed by atoms with Gasteiger partial charge < -0.3 is 4.84 Å². The van der Waals surface area contributed by atoms with Gasteiger partial charge in [0, 0.05) is 11.5 Å². The largest absolute Gasteiger partial charge is 0.391 e. The molecule has 1 aliphatic carbocycles. The SMILES string of the molecule is Fc1ccc(F)c(CO/N=[C]\C2CC2)c1. The van der Waals surface area contributed by atoms with Gasteiger partial charge in [-0.1, -0.05) is 5.16 Å². The Balaban J connectivity index is 1.88. The van der Waals surface area contributed by atoms with Crippen LogP contribution in [-0.4, -0.2) is 6.21 Å². The summed E-state index contributed by atoms with van der Waals surface area (Å²) in [6, 6.07) is 3.24. The maximum Gasteiger partial charge on any atom is 0.145 e. The molecule has 0 N–H and O–H groups in total. The van der Waals surface area contributed by atoms with E-state index in [4.69, 9.17) is 4.84 Å². The molecule has 0 aliphatic heterocycles. The van der Waals surface area contributed by atoms with Crippen LogP contribution in [0, 0.1) is 17.6 Å².